The van der Waals surface area contributed by atoms with Crippen molar-refractivity contribution in [2.45, 2.75) is 0 Å². The first-order valence-corrected chi connectivity index (χ1v) is 19.9. The van der Waals surface area contributed by atoms with E-state index in [-0.39, 0.29) is 35.5 Å². The van der Waals surface area contributed by atoms with Crippen molar-refractivity contribution in [3.05, 3.63) is 218 Å². The van der Waals surface area contributed by atoms with Gasteiger partial charge < -0.3 is 13.9 Å². The predicted octanol–water partition coefficient (Wildman–Crippen LogP) is 15.8. The molecule has 12 rings (SSSR count). The normalized spacial score (nSPS) is 12.7. The summed E-state index contributed by atoms with van der Waals surface area (Å²) in [5.41, 5.74) is 9.01. The van der Waals surface area contributed by atoms with E-state index in [1.807, 2.05) is 113 Å². The topological polar surface area (TPSA) is 21.3 Å². The second-order valence-electron chi connectivity index (χ2n) is 15.0. The van der Waals surface area contributed by atoms with Gasteiger partial charge in [0.2, 0.25) is 0 Å². The highest BCUT2D eigenvalue weighted by Gasteiger charge is 2.20. The highest BCUT2D eigenvalue weighted by atomic mass is 16.3. The van der Waals surface area contributed by atoms with E-state index < -0.39 is 0 Å². The monoisotopic (exact) mass is 756 g/mol. The van der Waals surface area contributed by atoms with E-state index in [9.17, 15) is 5.48 Å². The van der Waals surface area contributed by atoms with Gasteiger partial charge in [-0.1, -0.05) is 140 Å². The van der Waals surface area contributed by atoms with Crippen molar-refractivity contribution < 1.29 is 9.90 Å². The third kappa shape index (κ3) is 5.36. The van der Waals surface area contributed by atoms with Gasteiger partial charge in [0.25, 0.3) is 0 Å². The Hall–Kier alpha value is -7.88. The summed E-state index contributed by atoms with van der Waals surface area (Å²) >= 11 is 0. The summed E-state index contributed by atoms with van der Waals surface area (Å²) in [4.78, 5) is 1.89. The molecule has 3 nitrogen and oxygen atoms in total. The molecule has 2 aromatic heterocycles. The fourth-order valence-electron chi connectivity index (χ4n) is 8.93. The Morgan fingerprint density at radius 3 is 1.81 bits per heavy atom. The summed E-state index contributed by atoms with van der Waals surface area (Å²) in [6.45, 7) is 0. The van der Waals surface area contributed by atoms with E-state index in [1.165, 1.54) is 0 Å². The highest BCUT2D eigenvalue weighted by molar-refractivity contribution is 6.15. The molecule has 0 spiro atoms. The molecule has 276 valence electrons. The van der Waals surface area contributed by atoms with Gasteiger partial charge in [-0.25, -0.2) is 0 Å². The Labute approximate surface area is 346 Å². The van der Waals surface area contributed by atoms with Crippen LogP contribution in [0.3, 0.4) is 0 Å². The zero-order valence-electron chi connectivity index (χ0n) is 35.8. The largest absolute Gasteiger partial charge is 0.455 e. The summed E-state index contributed by atoms with van der Waals surface area (Å²) in [6, 6.07) is 64.8. The first-order chi connectivity index (χ1) is 30.9. The van der Waals surface area contributed by atoms with E-state index in [0.29, 0.717) is 11.4 Å². The molecule has 0 unspecified atom stereocenters. The Morgan fingerprint density at radius 1 is 0.407 bits per heavy atom. The SMILES string of the molecule is [2H]c1c([2H])c(-n2c3ccccc3c3ccccc32)c([2H])c([2H])c1N(c1ccc(-c2cccc3ccccc23)cc1)c1ccccc1-c1ccc2c(ccc3c4ccccc4oc23)c1. The number of rotatable bonds is 6. The Balaban J connectivity index is 1.08. The number of aromatic nitrogens is 1. The number of fused-ring (bicyclic) bond motifs is 9. The van der Waals surface area contributed by atoms with Crippen molar-refractivity contribution in [2.75, 3.05) is 4.90 Å². The summed E-state index contributed by atoms with van der Waals surface area (Å²) in [5, 5.41) is 8.42. The molecule has 0 atom stereocenters. The van der Waals surface area contributed by atoms with Crippen LogP contribution in [-0.4, -0.2) is 4.57 Å². The molecular formula is C56H36N2O. The molecule has 10 aromatic carbocycles. The molecule has 0 amide bonds. The predicted molar refractivity (Wildman–Crippen MR) is 249 cm³/mol. The van der Waals surface area contributed by atoms with Crippen LogP contribution in [0.2, 0.25) is 0 Å². The van der Waals surface area contributed by atoms with Crippen LogP contribution in [0, 0.1) is 0 Å². The quantitative estimate of drug-likeness (QED) is 0.168. The van der Waals surface area contributed by atoms with Crippen LogP contribution >= 0.6 is 0 Å². The average Bonchev–Trinajstić information content (AvgIpc) is 3.88. The van der Waals surface area contributed by atoms with Gasteiger partial charge in [-0.2, -0.15) is 0 Å². The van der Waals surface area contributed by atoms with Crippen LogP contribution in [0.4, 0.5) is 17.1 Å². The van der Waals surface area contributed by atoms with Crippen LogP contribution < -0.4 is 4.90 Å². The molecule has 12 aromatic rings. The fourth-order valence-corrected chi connectivity index (χ4v) is 8.93. The summed E-state index contributed by atoms with van der Waals surface area (Å²) in [7, 11) is 0. The lowest BCUT2D eigenvalue weighted by molar-refractivity contribution is 0.672. The van der Waals surface area contributed by atoms with Crippen molar-refractivity contribution in [3.8, 4) is 27.9 Å². The van der Waals surface area contributed by atoms with E-state index >= 15 is 0 Å². The van der Waals surface area contributed by atoms with Crippen LogP contribution in [0.1, 0.15) is 5.48 Å². The van der Waals surface area contributed by atoms with Gasteiger partial charge in [0.05, 0.1) is 22.2 Å². The smallest absolute Gasteiger partial charge is 0.143 e. The number of benzene rings is 10. The van der Waals surface area contributed by atoms with Crippen molar-refractivity contribution in [1.82, 2.24) is 4.57 Å². The van der Waals surface area contributed by atoms with Crippen LogP contribution in [0.5, 0.6) is 0 Å². The van der Waals surface area contributed by atoms with Gasteiger partial charge in [-0.15, -0.1) is 0 Å². The second kappa shape index (κ2) is 13.4. The molecule has 0 aliphatic rings. The molecular weight excluding hydrogens is 717 g/mol. The minimum absolute atomic E-state index is 0.132. The van der Waals surface area contributed by atoms with Crippen molar-refractivity contribution >= 4 is 82.4 Å². The van der Waals surface area contributed by atoms with Gasteiger partial charge in [0.1, 0.15) is 11.2 Å². The van der Waals surface area contributed by atoms with Gasteiger partial charge in [0, 0.05) is 49.6 Å². The van der Waals surface area contributed by atoms with E-state index in [0.717, 1.165) is 87.5 Å². The minimum atomic E-state index is -0.147. The van der Waals surface area contributed by atoms with Crippen molar-refractivity contribution in [2.24, 2.45) is 0 Å². The fraction of sp³-hybridized carbons (Fsp3) is 0. The van der Waals surface area contributed by atoms with E-state index in [4.69, 9.17) is 4.42 Å². The van der Waals surface area contributed by atoms with Crippen LogP contribution in [-0.2, 0) is 0 Å². The van der Waals surface area contributed by atoms with E-state index in [1.54, 1.807) is 0 Å². The highest BCUT2D eigenvalue weighted by Crippen LogP contribution is 2.44. The van der Waals surface area contributed by atoms with Crippen molar-refractivity contribution in [3.63, 3.8) is 0 Å². The number of para-hydroxylation sites is 4. The molecule has 59 heavy (non-hydrogen) atoms. The van der Waals surface area contributed by atoms with E-state index in [2.05, 4.69) is 91.0 Å². The Bertz CT molecular complexity index is 3720. The lowest BCUT2D eigenvalue weighted by Gasteiger charge is -2.28. The molecule has 0 N–H and O–H groups in total. The summed E-state index contributed by atoms with van der Waals surface area (Å²) in [5.74, 6) is 0. The maximum atomic E-state index is 9.84. The summed E-state index contributed by atoms with van der Waals surface area (Å²) < 4.78 is 47.4. The standard InChI is InChI=1S/C56H36N2O/c1-2-14-44-37(12-1)13-11-19-45(44)38-24-28-41(29-25-38)57(42-30-32-43(33-31-42)58-53-21-8-4-16-48(53)49-17-5-9-22-54(49)58)52-20-7-3-15-46(52)39-26-34-47-40(36-39)27-35-51-50-18-6-10-23-55(50)59-56(47)51/h1-36H/i30D,31D,32D,33D. The molecule has 3 heteroatoms. The molecule has 0 aliphatic heterocycles. The molecule has 0 bridgehead atoms. The van der Waals surface area contributed by atoms with Gasteiger partial charge in [-0.05, 0) is 112 Å². The lowest BCUT2D eigenvalue weighted by atomic mass is 9.97. The number of hydrogen-bond donors (Lipinski definition) is 0. The molecule has 0 radical (unpaired) electrons. The maximum Gasteiger partial charge on any atom is 0.143 e. The minimum Gasteiger partial charge on any atom is -0.455 e. The van der Waals surface area contributed by atoms with Crippen LogP contribution in [0.25, 0.3) is 93.2 Å². The third-order valence-corrected chi connectivity index (χ3v) is 11.7. The van der Waals surface area contributed by atoms with Gasteiger partial charge in [-0.3, -0.25) is 0 Å². The first-order valence-electron chi connectivity index (χ1n) is 21.9. The third-order valence-electron chi connectivity index (χ3n) is 11.7. The molecule has 0 fully saturated rings. The first kappa shape index (κ1) is 29.4. The van der Waals surface area contributed by atoms with Gasteiger partial charge in [0.15, 0.2) is 0 Å². The number of anilines is 3. The summed E-state index contributed by atoms with van der Waals surface area (Å²) in [6.07, 6.45) is 0. The molecule has 0 saturated heterocycles. The number of nitrogens with zero attached hydrogens (tertiary/aromatic N) is 2. The lowest BCUT2D eigenvalue weighted by Crippen LogP contribution is -2.11. The number of furan rings is 1. The second-order valence-corrected chi connectivity index (χ2v) is 15.0. The van der Waals surface area contributed by atoms with Crippen molar-refractivity contribution in [1.29, 1.82) is 0 Å². The molecule has 0 aliphatic carbocycles. The van der Waals surface area contributed by atoms with Gasteiger partial charge >= 0.3 is 0 Å². The Morgan fingerprint density at radius 2 is 1.02 bits per heavy atom. The zero-order chi connectivity index (χ0) is 42.3. The molecule has 0 saturated carbocycles. The molecule has 2 heterocycles. The van der Waals surface area contributed by atoms with Crippen LogP contribution in [0.15, 0.2) is 223 Å². The Kier molecular flexibility index (Phi) is 6.65. The number of hydrogen-bond acceptors (Lipinski definition) is 2. The average molecular weight is 757 g/mol. The maximum absolute atomic E-state index is 9.84. The zero-order valence-corrected chi connectivity index (χ0v) is 31.8.